The number of rotatable bonds is 4. The fourth-order valence-electron chi connectivity index (χ4n) is 4.33. The second kappa shape index (κ2) is 8.05. The molecule has 4 heterocycles. The Labute approximate surface area is 194 Å². The molecule has 2 aliphatic heterocycles. The van der Waals surface area contributed by atoms with E-state index in [1.54, 1.807) is 0 Å². The van der Waals surface area contributed by atoms with Crippen molar-refractivity contribution in [3.63, 3.8) is 0 Å². The lowest BCUT2D eigenvalue weighted by atomic mass is 10.0. The molecule has 2 saturated heterocycles. The van der Waals surface area contributed by atoms with E-state index in [1.807, 2.05) is 54.6 Å². The first-order valence-corrected chi connectivity index (χ1v) is 11.2. The van der Waals surface area contributed by atoms with E-state index in [1.165, 1.54) is 0 Å². The van der Waals surface area contributed by atoms with E-state index in [9.17, 15) is 0 Å². The molecule has 0 amide bonds. The lowest BCUT2D eigenvalue weighted by Gasteiger charge is -2.15. The molecule has 2 aliphatic rings. The van der Waals surface area contributed by atoms with Crippen LogP contribution in [0.4, 0.5) is 0 Å². The van der Waals surface area contributed by atoms with Gasteiger partial charge in [0.05, 0.1) is 28.9 Å². The van der Waals surface area contributed by atoms with Crippen molar-refractivity contribution in [3.8, 4) is 28.4 Å². The number of fused-ring (bicyclic) bond motifs is 2. The van der Waals surface area contributed by atoms with Gasteiger partial charge in [0.1, 0.15) is 6.10 Å². The average Bonchev–Trinajstić information content (AvgIpc) is 3.51. The normalized spacial score (nSPS) is 22.4. The van der Waals surface area contributed by atoms with Crippen LogP contribution in [0.3, 0.4) is 0 Å². The molecule has 0 spiro atoms. The van der Waals surface area contributed by atoms with Crippen molar-refractivity contribution in [1.29, 1.82) is 0 Å². The predicted octanol–water partition coefficient (Wildman–Crippen LogP) is 5.53. The quantitative estimate of drug-likeness (QED) is 0.426. The van der Waals surface area contributed by atoms with Gasteiger partial charge >= 0.3 is 0 Å². The molecule has 0 bridgehead atoms. The Bertz CT molecular complexity index is 1290. The Morgan fingerprint density at radius 3 is 2.59 bits per heavy atom. The number of nitrogens with one attached hydrogen (secondary N) is 1. The zero-order valence-corrected chi connectivity index (χ0v) is 18.4. The summed E-state index contributed by atoms with van der Waals surface area (Å²) in [7, 11) is 0. The standard InChI is InChI=1S/C24H19Cl2N3O3/c25-16-4-2-1-3-15(16)13-5-7-14(8-6-13)21-17(26)11-18-23(28-21)29-24(27-18)32-20-12-31-19-9-10-30-22(19)20/h1-8,11,19-20,22H,9-10,12H2,(H,27,28,29). The molecular formula is C24H19Cl2N3O3. The van der Waals surface area contributed by atoms with E-state index < -0.39 is 0 Å². The summed E-state index contributed by atoms with van der Waals surface area (Å²) in [6.07, 6.45) is 0.778. The third-order valence-electron chi connectivity index (χ3n) is 5.93. The maximum atomic E-state index is 6.56. The lowest BCUT2D eigenvalue weighted by Crippen LogP contribution is -2.32. The van der Waals surface area contributed by atoms with Gasteiger partial charge in [-0.3, -0.25) is 0 Å². The van der Waals surface area contributed by atoms with Crippen molar-refractivity contribution in [3.05, 3.63) is 64.6 Å². The molecule has 6 nitrogen and oxygen atoms in total. The monoisotopic (exact) mass is 467 g/mol. The van der Waals surface area contributed by atoms with Crippen LogP contribution in [-0.2, 0) is 9.47 Å². The highest BCUT2D eigenvalue weighted by atomic mass is 35.5. The van der Waals surface area contributed by atoms with Crippen LogP contribution >= 0.6 is 23.2 Å². The fraction of sp³-hybridized carbons (Fsp3) is 0.250. The highest BCUT2D eigenvalue weighted by Crippen LogP contribution is 2.34. The summed E-state index contributed by atoms with van der Waals surface area (Å²) in [5.74, 6) is 0. The molecule has 8 heteroatoms. The first-order chi connectivity index (χ1) is 15.7. The van der Waals surface area contributed by atoms with Gasteiger partial charge in [-0.1, -0.05) is 65.7 Å². The summed E-state index contributed by atoms with van der Waals surface area (Å²) in [6.45, 7) is 1.19. The number of imidazole rings is 1. The fourth-order valence-corrected chi connectivity index (χ4v) is 4.84. The van der Waals surface area contributed by atoms with Gasteiger partial charge in [0.15, 0.2) is 11.8 Å². The van der Waals surface area contributed by atoms with Crippen LogP contribution in [0.5, 0.6) is 6.01 Å². The average molecular weight is 468 g/mol. The van der Waals surface area contributed by atoms with Gasteiger partial charge < -0.3 is 19.2 Å². The van der Waals surface area contributed by atoms with Gasteiger partial charge in [-0.2, -0.15) is 4.98 Å². The maximum absolute atomic E-state index is 6.56. The number of hydrogen-bond donors (Lipinski definition) is 1. The Balaban J connectivity index is 1.28. The van der Waals surface area contributed by atoms with Crippen LogP contribution in [0.25, 0.3) is 33.5 Å². The Kier molecular flexibility index (Phi) is 5.03. The van der Waals surface area contributed by atoms with Crippen molar-refractivity contribution in [2.45, 2.75) is 24.7 Å². The van der Waals surface area contributed by atoms with Crippen LogP contribution < -0.4 is 4.74 Å². The zero-order chi connectivity index (χ0) is 21.7. The number of halogens is 2. The summed E-state index contributed by atoms with van der Waals surface area (Å²) in [4.78, 5) is 12.4. The molecule has 162 valence electrons. The molecule has 0 saturated carbocycles. The molecule has 0 radical (unpaired) electrons. The second-order valence-electron chi connectivity index (χ2n) is 7.94. The summed E-state index contributed by atoms with van der Waals surface area (Å²) >= 11 is 12.9. The number of aromatic nitrogens is 3. The SMILES string of the molecule is Clc1ccccc1-c1ccc(-c2nc3nc(OC4COC5CCOC54)[nH]c3cc2Cl)cc1. The number of aromatic amines is 1. The first kappa shape index (κ1) is 20.0. The molecule has 1 N–H and O–H groups in total. The minimum Gasteiger partial charge on any atom is -0.456 e. The van der Waals surface area contributed by atoms with E-state index in [0.717, 1.165) is 23.1 Å². The summed E-state index contributed by atoms with van der Waals surface area (Å²) in [5, 5.41) is 1.24. The second-order valence-corrected chi connectivity index (χ2v) is 8.76. The van der Waals surface area contributed by atoms with E-state index in [2.05, 4.69) is 15.0 Å². The van der Waals surface area contributed by atoms with Gasteiger partial charge in [0.25, 0.3) is 6.01 Å². The van der Waals surface area contributed by atoms with E-state index in [-0.39, 0.29) is 18.3 Å². The van der Waals surface area contributed by atoms with Crippen LogP contribution in [-0.4, -0.2) is 46.5 Å². The zero-order valence-electron chi connectivity index (χ0n) is 16.9. The molecule has 32 heavy (non-hydrogen) atoms. The van der Waals surface area contributed by atoms with E-state index in [4.69, 9.17) is 37.4 Å². The third kappa shape index (κ3) is 3.53. The van der Waals surface area contributed by atoms with Gasteiger partial charge in [0, 0.05) is 22.8 Å². The Morgan fingerprint density at radius 1 is 0.938 bits per heavy atom. The number of nitrogens with zero attached hydrogens (tertiary/aromatic N) is 2. The van der Waals surface area contributed by atoms with Gasteiger partial charge in [-0.15, -0.1) is 0 Å². The number of pyridine rings is 1. The molecule has 2 fully saturated rings. The van der Waals surface area contributed by atoms with Gasteiger partial charge in [-0.05, 0) is 24.1 Å². The van der Waals surface area contributed by atoms with Crippen molar-refractivity contribution in [1.82, 2.24) is 15.0 Å². The van der Waals surface area contributed by atoms with E-state index in [0.29, 0.717) is 46.1 Å². The molecule has 0 aliphatic carbocycles. The maximum Gasteiger partial charge on any atom is 0.296 e. The number of ether oxygens (including phenoxy) is 3. The minimum atomic E-state index is -0.185. The largest absolute Gasteiger partial charge is 0.456 e. The summed E-state index contributed by atoms with van der Waals surface area (Å²) in [6, 6.07) is 18.0. The van der Waals surface area contributed by atoms with Crippen LogP contribution in [0.1, 0.15) is 6.42 Å². The topological polar surface area (TPSA) is 69.3 Å². The minimum absolute atomic E-state index is 0.0491. The molecule has 4 aromatic rings. The predicted molar refractivity (Wildman–Crippen MR) is 123 cm³/mol. The van der Waals surface area contributed by atoms with Crippen molar-refractivity contribution in [2.24, 2.45) is 0 Å². The smallest absolute Gasteiger partial charge is 0.296 e. The summed E-state index contributed by atoms with van der Waals surface area (Å²) in [5.41, 5.74) is 4.81. The number of H-pyrrole nitrogens is 1. The van der Waals surface area contributed by atoms with Gasteiger partial charge in [-0.25, -0.2) is 4.98 Å². The van der Waals surface area contributed by atoms with Crippen molar-refractivity contribution in [2.75, 3.05) is 13.2 Å². The highest BCUT2D eigenvalue weighted by molar-refractivity contribution is 6.34. The van der Waals surface area contributed by atoms with Gasteiger partial charge in [0.2, 0.25) is 0 Å². The first-order valence-electron chi connectivity index (χ1n) is 10.5. The van der Waals surface area contributed by atoms with Crippen molar-refractivity contribution < 1.29 is 14.2 Å². The van der Waals surface area contributed by atoms with Crippen LogP contribution in [0.15, 0.2) is 54.6 Å². The Hall–Kier alpha value is -2.64. The number of hydrogen-bond acceptors (Lipinski definition) is 5. The van der Waals surface area contributed by atoms with E-state index >= 15 is 0 Å². The Morgan fingerprint density at radius 2 is 1.75 bits per heavy atom. The molecule has 3 atom stereocenters. The number of benzene rings is 2. The molecule has 6 rings (SSSR count). The summed E-state index contributed by atoms with van der Waals surface area (Å²) < 4.78 is 17.5. The van der Waals surface area contributed by atoms with Crippen LogP contribution in [0.2, 0.25) is 10.0 Å². The molecule has 3 unspecified atom stereocenters. The third-order valence-corrected chi connectivity index (χ3v) is 6.55. The van der Waals surface area contributed by atoms with Crippen molar-refractivity contribution >= 4 is 34.4 Å². The van der Waals surface area contributed by atoms with Crippen LogP contribution in [0, 0.1) is 0 Å². The highest BCUT2D eigenvalue weighted by Gasteiger charge is 2.43. The molecule has 2 aromatic heterocycles. The molecular weight excluding hydrogens is 449 g/mol. The lowest BCUT2D eigenvalue weighted by molar-refractivity contribution is 0.0273. The molecule has 2 aromatic carbocycles.